The van der Waals surface area contributed by atoms with Gasteiger partial charge in [0, 0.05) is 13.2 Å². The summed E-state index contributed by atoms with van der Waals surface area (Å²) in [4.78, 5) is 0. The molecule has 1 nitrogen and oxygen atoms in total. The molecule has 0 spiro atoms. The Bertz CT molecular complexity index is 605. The zero-order valence-corrected chi connectivity index (χ0v) is 18.3. The first-order valence-electron chi connectivity index (χ1n) is 10.4. The lowest BCUT2D eigenvalue weighted by Crippen LogP contribution is -2.10. The molecule has 148 valence electrons. The molecule has 0 unspecified atom stereocenters. The average molecular weight is 367 g/mol. The van der Waals surface area contributed by atoms with E-state index in [1.54, 1.807) is 0 Å². The van der Waals surface area contributed by atoms with Gasteiger partial charge in [-0.05, 0) is 58.8 Å². The number of rotatable bonds is 8. The SMILES string of the molecule is CC(C)(C)c1ccc(CCCOCCCc2ccc(C(C)(C)C)cc2)cc1. The van der Waals surface area contributed by atoms with Crippen LogP contribution in [0.3, 0.4) is 0 Å². The number of hydrogen-bond acceptors (Lipinski definition) is 1. The molecule has 0 N–H and O–H groups in total. The van der Waals surface area contributed by atoms with Crippen LogP contribution >= 0.6 is 0 Å². The van der Waals surface area contributed by atoms with Gasteiger partial charge in [0.05, 0.1) is 0 Å². The van der Waals surface area contributed by atoms with E-state index in [9.17, 15) is 0 Å². The molecule has 2 aromatic rings. The van der Waals surface area contributed by atoms with E-state index >= 15 is 0 Å². The average Bonchev–Trinajstić information content (AvgIpc) is 2.60. The van der Waals surface area contributed by atoms with Gasteiger partial charge in [0.15, 0.2) is 0 Å². The third-order valence-electron chi connectivity index (χ3n) is 5.15. The predicted molar refractivity (Wildman–Crippen MR) is 118 cm³/mol. The van der Waals surface area contributed by atoms with E-state index in [1.807, 2.05) is 0 Å². The first-order chi connectivity index (χ1) is 12.7. The van der Waals surface area contributed by atoms with Crippen molar-refractivity contribution >= 4 is 0 Å². The van der Waals surface area contributed by atoms with Crippen LogP contribution in [0.5, 0.6) is 0 Å². The molecule has 2 aromatic carbocycles. The molecule has 0 aliphatic rings. The maximum atomic E-state index is 5.83. The fraction of sp³-hybridized carbons (Fsp3) is 0.538. The lowest BCUT2D eigenvalue weighted by Gasteiger charge is -2.19. The van der Waals surface area contributed by atoms with E-state index in [-0.39, 0.29) is 10.8 Å². The van der Waals surface area contributed by atoms with Crippen molar-refractivity contribution in [2.45, 2.75) is 78.1 Å². The molecule has 0 fully saturated rings. The van der Waals surface area contributed by atoms with Crippen molar-refractivity contribution in [2.24, 2.45) is 0 Å². The van der Waals surface area contributed by atoms with Crippen molar-refractivity contribution in [3.05, 3.63) is 70.8 Å². The van der Waals surface area contributed by atoms with Crippen LogP contribution < -0.4 is 0 Å². The van der Waals surface area contributed by atoms with E-state index < -0.39 is 0 Å². The number of aryl methyl sites for hydroxylation is 2. The summed E-state index contributed by atoms with van der Waals surface area (Å²) in [5, 5.41) is 0. The first-order valence-corrected chi connectivity index (χ1v) is 10.4. The minimum Gasteiger partial charge on any atom is -0.381 e. The van der Waals surface area contributed by atoms with Crippen molar-refractivity contribution in [3.8, 4) is 0 Å². The summed E-state index contributed by atoms with van der Waals surface area (Å²) < 4.78 is 5.83. The van der Waals surface area contributed by atoms with Crippen LogP contribution in [0.1, 0.15) is 76.6 Å². The molecule has 0 heterocycles. The molecule has 0 bridgehead atoms. The van der Waals surface area contributed by atoms with E-state index in [2.05, 4.69) is 90.1 Å². The minimum absolute atomic E-state index is 0.231. The van der Waals surface area contributed by atoms with Gasteiger partial charge in [0.25, 0.3) is 0 Å². The van der Waals surface area contributed by atoms with Crippen molar-refractivity contribution in [1.82, 2.24) is 0 Å². The van der Waals surface area contributed by atoms with Gasteiger partial charge >= 0.3 is 0 Å². The van der Waals surface area contributed by atoms with Crippen molar-refractivity contribution in [1.29, 1.82) is 0 Å². The second-order valence-electron chi connectivity index (χ2n) is 9.71. The molecular weight excluding hydrogens is 328 g/mol. The van der Waals surface area contributed by atoms with Crippen molar-refractivity contribution in [2.75, 3.05) is 13.2 Å². The molecule has 0 atom stereocenters. The highest BCUT2D eigenvalue weighted by Crippen LogP contribution is 2.23. The van der Waals surface area contributed by atoms with Gasteiger partial charge in [0.2, 0.25) is 0 Å². The van der Waals surface area contributed by atoms with E-state index in [4.69, 9.17) is 4.74 Å². The van der Waals surface area contributed by atoms with Gasteiger partial charge < -0.3 is 4.74 Å². The zero-order valence-electron chi connectivity index (χ0n) is 18.3. The maximum Gasteiger partial charge on any atom is 0.0469 e. The molecule has 0 aliphatic carbocycles. The lowest BCUT2D eigenvalue weighted by atomic mass is 9.86. The predicted octanol–water partition coefficient (Wildman–Crippen LogP) is 6.86. The number of ether oxygens (including phenoxy) is 1. The molecule has 0 aliphatic heterocycles. The third-order valence-corrected chi connectivity index (χ3v) is 5.15. The fourth-order valence-electron chi connectivity index (χ4n) is 3.20. The largest absolute Gasteiger partial charge is 0.381 e. The molecule has 0 radical (unpaired) electrons. The summed E-state index contributed by atoms with van der Waals surface area (Å²) >= 11 is 0. The van der Waals surface area contributed by atoms with Gasteiger partial charge in [-0.1, -0.05) is 90.1 Å². The lowest BCUT2D eigenvalue weighted by molar-refractivity contribution is 0.130. The highest BCUT2D eigenvalue weighted by molar-refractivity contribution is 5.28. The Labute approximate surface area is 167 Å². The molecule has 0 amide bonds. The molecule has 1 heteroatoms. The number of hydrogen-bond donors (Lipinski definition) is 0. The normalized spacial score (nSPS) is 12.4. The quantitative estimate of drug-likeness (QED) is 0.463. The van der Waals surface area contributed by atoms with Crippen LogP contribution in [0.4, 0.5) is 0 Å². The van der Waals surface area contributed by atoms with Crippen molar-refractivity contribution in [3.63, 3.8) is 0 Å². The van der Waals surface area contributed by atoms with Crippen LogP contribution in [-0.2, 0) is 28.4 Å². The molecule has 2 rings (SSSR count). The second kappa shape index (κ2) is 9.55. The summed E-state index contributed by atoms with van der Waals surface area (Å²) in [5.74, 6) is 0. The maximum absolute atomic E-state index is 5.83. The summed E-state index contributed by atoms with van der Waals surface area (Å²) in [5.41, 5.74) is 6.08. The summed E-state index contributed by atoms with van der Waals surface area (Å²) in [6, 6.07) is 18.1. The summed E-state index contributed by atoms with van der Waals surface area (Å²) in [7, 11) is 0. The zero-order chi connectivity index (χ0) is 19.9. The third kappa shape index (κ3) is 7.50. The minimum atomic E-state index is 0.231. The Morgan fingerprint density at radius 3 is 1.19 bits per heavy atom. The van der Waals surface area contributed by atoms with E-state index in [0.717, 1.165) is 38.9 Å². The van der Waals surface area contributed by atoms with Crippen LogP contribution in [0.25, 0.3) is 0 Å². The van der Waals surface area contributed by atoms with Gasteiger partial charge in [-0.2, -0.15) is 0 Å². The highest BCUT2D eigenvalue weighted by atomic mass is 16.5. The molecule has 27 heavy (non-hydrogen) atoms. The Morgan fingerprint density at radius 1 is 0.556 bits per heavy atom. The summed E-state index contributed by atoms with van der Waals surface area (Å²) in [6.45, 7) is 15.3. The van der Waals surface area contributed by atoms with Gasteiger partial charge in [-0.3, -0.25) is 0 Å². The van der Waals surface area contributed by atoms with E-state index in [0.29, 0.717) is 0 Å². The molecular formula is C26H38O. The van der Waals surface area contributed by atoms with Crippen LogP contribution in [0.2, 0.25) is 0 Å². The Kier molecular flexibility index (Phi) is 7.68. The van der Waals surface area contributed by atoms with Crippen LogP contribution in [0, 0.1) is 0 Å². The molecule has 0 saturated carbocycles. The van der Waals surface area contributed by atoms with Gasteiger partial charge in [-0.25, -0.2) is 0 Å². The van der Waals surface area contributed by atoms with Crippen LogP contribution in [-0.4, -0.2) is 13.2 Å². The van der Waals surface area contributed by atoms with Crippen molar-refractivity contribution < 1.29 is 4.74 Å². The fourth-order valence-corrected chi connectivity index (χ4v) is 3.20. The molecule has 0 aromatic heterocycles. The van der Waals surface area contributed by atoms with Crippen LogP contribution in [0.15, 0.2) is 48.5 Å². The van der Waals surface area contributed by atoms with Gasteiger partial charge in [-0.15, -0.1) is 0 Å². The molecule has 0 saturated heterocycles. The summed E-state index contributed by atoms with van der Waals surface area (Å²) in [6.07, 6.45) is 4.38. The highest BCUT2D eigenvalue weighted by Gasteiger charge is 2.13. The monoisotopic (exact) mass is 366 g/mol. The van der Waals surface area contributed by atoms with Gasteiger partial charge in [0.1, 0.15) is 0 Å². The standard InChI is InChI=1S/C26H38O/c1-25(2,3)23-15-11-21(12-16-23)9-7-19-27-20-8-10-22-13-17-24(18-14-22)26(4,5)6/h11-18H,7-10,19-20H2,1-6H3. The van der Waals surface area contributed by atoms with E-state index in [1.165, 1.54) is 22.3 Å². The first kappa shape index (κ1) is 21.7. The second-order valence-corrected chi connectivity index (χ2v) is 9.71. The Balaban J connectivity index is 1.60. The Morgan fingerprint density at radius 2 is 0.889 bits per heavy atom. The Hall–Kier alpha value is -1.60. The smallest absolute Gasteiger partial charge is 0.0469 e. The topological polar surface area (TPSA) is 9.23 Å². The number of benzene rings is 2.